The molecule has 26 heavy (non-hydrogen) atoms. The fraction of sp³-hybridized carbons (Fsp3) is 0.500. The Morgan fingerprint density at radius 1 is 1.27 bits per heavy atom. The van der Waals surface area contributed by atoms with Gasteiger partial charge in [0, 0.05) is 5.69 Å². The molecule has 140 valence electrons. The molecule has 3 rings (SSSR count). The molecule has 1 aromatic carbocycles. The predicted molar refractivity (Wildman–Crippen MR) is 101 cm³/mol. The number of carbonyl (C=O) groups is 1. The van der Waals surface area contributed by atoms with Crippen LogP contribution in [0.25, 0.3) is 5.69 Å². The predicted octanol–water partition coefficient (Wildman–Crippen LogP) is 0.983. The molecule has 2 heterocycles. The highest BCUT2D eigenvalue weighted by Gasteiger charge is 2.28. The van der Waals surface area contributed by atoms with Crippen molar-refractivity contribution in [2.24, 2.45) is 5.73 Å². The number of hydrogen-bond donors (Lipinski definition) is 2. The van der Waals surface area contributed by atoms with Crippen LogP contribution in [0.4, 0.5) is 0 Å². The highest BCUT2D eigenvalue weighted by molar-refractivity contribution is 7.99. The number of quaternary nitrogens is 1. The molecule has 1 saturated heterocycles. The number of rotatable bonds is 7. The number of ether oxygens (including phenoxy) is 1. The number of benzene rings is 1. The average molecular weight is 377 g/mol. The average Bonchev–Trinajstić information content (AvgIpc) is 3.10. The lowest BCUT2D eigenvalue weighted by Crippen LogP contribution is -3.12. The monoisotopic (exact) mass is 376 g/mol. The van der Waals surface area contributed by atoms with E-state index in [-0.39, 0.29) is 17.7 Å². The van der Waals surface area contributed by atoms with Crippen molar-refractivity contribution in [1.82, 2.24) is 14.8 Å². The lowest BCUT2D eigenvalue weighted by atomic mass is 10.1. The highest BCUT2D eigenvalue weighted by Crippen LogP contribution is 2.25. The van der Waals surface area contributed by atoms with Gasteiger partial charge in [-0.15, -0.1) is 10.2 Å². The van der Waals surface area contributed by atoms with Crippen LogP contribution in [-0.2, 0) is 4.79 Å². The van der Waals surface area contributed by atoms with Gasteiger partial charge in [0.2, 0.25) is 5.91 Å². The van der Waals surface area contributed by atoms with E-state index in [1.54, 1.807) is 7.11 Å². The largest absolute Gasteiger partial charge is 0.497 e. The third-order valence-corrected chi connectivity index (χ3v) is 5.78. The van der Waals surface area contributed by atoms with Crippen molar-refractivity contribution in [1.29, 1.82) is 0 Å². The van der Waals surface area contributed by atoms with Crippen LogP contribution in [0.2, 0.25) is 0 Å². The van der Waals surface area contributed by atoms with Gasteiger partial charge in [0.15, 0.2) is 11.0 Å². The molecule has 1 amide bonds. The van der Waals surface area contributed by atoms with Crippen molar-refractivity contribution in [3.05, 3.63) is 30.1 Å². The Morgan fingerprint density at radius 3 is 2.58 bits per heavy atom. The fourth-order valence-corrected chi connectivity index (χ4v) is 4.08. The van der Waals surface area contributed by atoms with Gasteiger partial charge >= 0.3 is 0 Å². The molecule has 0 saturated carbocycles. The quantitative estimate of drug-likeness (QED) is 0.704. The SMILES string of the molecule is COc1ccc(-n2c(SCC(N)=O)nnc2[C@H](C)[NH+]2CCCCC2)cc1. The molecule has 0 bridgehead atoms. The first-order chi connectivity index (χ1) is 12.6. The smallest absolute Gasteiger partial charge is 0.227 e. The van der Waals surface area contributed by atoms with E-state index in [1.807, 2.05) is 28.8 Å². The van der Waals surface area contributed by atoms with Crippen molar-refractivity contribution >= 4 is 17.7 Å². The Labute approximate surface area is 157 Å². The molecule has 0 unspecified atom stereocenters. The number of methoxy groups -OCH3 is 1. The Balaban J connectivity index is 1.95. The molecule has 0 radical (unpaired) electrons. The van der Waals surface area contributed by atoms with E-state index < -0.39 is 0 Å². The summed E-state index contributed by atoms with van der Waals surface area (Å²) in [7, 11) is 1.65. The van der Waals surface area contributed by atoms with Crippen LogP contribution in [0.1, 0.15) is 38.1 Å². The third kappa shape index (κ3) is 4.19. The van der Waals surface area contributed by atoms with E-state index in [9.17, 15) is 4.79 Å². The number of primary amides is 1. The Hall–Kier alpha value is -2.06. The molecule has 0 spiro atoms. The minimum atomic E-state index is -0.365. The summed E-state index contributed by atoms with van der Waals surface area (Å²) >= 11 is 1.32. The maximum Gasteiger partial charge on any atom is 0.227 e. The van der Waals surface area contributed by atoms with Crippen molar-refractivity contribution in [3.8, 4) is 11.4 Å². The van der Waals surface area contributed by atoms with Crippen LogP contribution in [-0.4, -0.2) is 46.6 Å². The Kier molecular flexibility index (Phi) is 6.16. The maximum absolute atomic E-state index is 11.2. The Morgan fingerprint density at radius 2 is 1.96 bits per heavy atom. The van der Waals surface area contributed by atoms with E-state index in [0.29, 0.717) is 5.16 Å². The van der Waals surface area contributed by atoms with Gasteiger partial charge in [-0.1, -0.05) is 11.8 Å². The normalized spacial score (nSPS) is 16.4. The van der Waals surface area contributed by atoms with Crippen LogP contribution in [0, 0.1) is 0 Å². The summed E-state index contributed by atoms with van der Waals surface area (Å²) in [5, 5.41) is 9.51. The van der Waals surface area contributed by atoms with E-state index in [1.165, 1.54) is 35.9 Å². The van der Waals surface area contributed by atoms with Crippen molar-refractivity contribution in [3.63, 3.8) is 0 Å². The minimum absolute atomic E-state index is 0.180. The maximum atomic E-state index is 11.2. The molecule has 8 heteroatoms. The van der Waals surface area contributed by atoms with Crippen LogP contribution in [0.15, 0.2) is 29.4 Å². The molecule has 2 aromatic rings. The summed E-state index contributed by atoms with van der Waals surface area (Å²) in [6.07, 6.45) is 3.81. The number of nitrogens with zero attached hydrogens (tertiary/aromatic N) is 3. The molecule has 1 aliphatic heterocycles. The van der Waals surface area contributed by atoms with Gasteiger partial charge < -0.3 is 15.4 Å². The third-order valence-electron chi connectivity index (χ3n) is 4.83. The van der Waals surface area contributed by atoms with Crippen molar-refractivity contribution in [2.45, 2.75) is 37.4 Å². The molecule has 3 N–H and O–H groups in total. The van der Waals surface area contributed by atoms with E-state index in [0.717, 1.165) is 30.4 Å². The number of thioether (sulfide) groups is 1. The first kappa shape index (κ1) is 18.7. The Bertz CT molecular complexity index is 741. The number of nitrogens with two attached hydrogens (primary N) is 1. The summed E-state index contributed by atoms with van der Waals surface area (Å²) in [4.78, 5) is 12.7. The van der Waals surface area contributed by atoms with Gasteiger partial charge in [-0.25, -0.2) is 0 Å². The molecule has 7 nitrogen and oxygen atoms in total. The number of aromatic nitrogens is 3. The van der Waals surface area contributed by atoms with E-state index in [2.05, 4.69) is 17.1 Å². The van der Waals surface area contributed by atoms with Crippen LogP contribution >= 0.6 is 11.8 Å². The van der Waals surface area contributed by atoms with E-state index in [4.69, 9.17) is 10.5 Å². The van der Waals surface area contributed by atoms with Crippen LogP contribution in [0.3, 0.4) is 0 Å². The number of amides is 1. The molecule has 1 atom stereocenters. The molecule has 0 aliphatic carbocycles. The zero-order chi connectivity index (χ0) is 18.5. The number of piperidine rings is 1. The molecule has 1 aromatic heterocycles. The molecular weight excluding hydrogens is 350 g/mol. The summed E-state index contributed by atoms with van der Waals surface area (Å²) in [6.45, 7) is 4.51. The van der Waals surface area contributed by atoms with E-state index >= 15 is 0 Å². The number of carbonyl (C=O) groups excluding carboxylic acids is 1. The van der Waals surface area contributed by atoms with Gasteiger partial charge in [-0.2, -0.15) is 0 Å². The van der Waals surface area contributed by atoms with Gasteiger partial charge in [-0.3, -0.25) is 9.36 Å². The molecular formula is C18H26N5O2S+. The van der Waals surface area contributed by atoms with Gasteiger partial charge in [0.25, 0.3) is 0 Å². The lowest BCUT2D eigenvalue weighted by Gasteiger charge is -2.29. The van der Waals surface area contributed by atoms with Crippen molar-refractivity contribution in [2.75, 3.05) is 26.0 Å². The second-order valence-corrected chi connectivity index (χ2v) is 7.51. The van der Waals surface area contributed by atoms with Crippen LogP contribution < -0.4 is 15.4 Å². The summed E-state index contributed by atoms with van der Waals surface area (Å²) in [6, 6.07) is 8.03. The van der Waals surface area contributed by atoms with Gasteiger partial charge in [0.05, 0.1) is 26.0 Å². The fourth-order valence-electron chi connectivity index (χ4n) is 3.39. The van der Waals surface area contributed by atoms with Crippen molar-refractivity contribution < 1.29 is 14.4 Å². The number of likely N-dealkylation sites (tertiary alicyclic amines) is 1. The van der Waals surface area contributed by atoms with Gasteiger partial charge in [-0.05, 0) is 50.5 Å². The molecule has 1 aliphatic rings. The van der Waals surface area contributed by atoms with Gasteiger partial charge in [0.1, 0.15) is 11.8 Å². The number of hydrogen-bond acceptors (Lipinski definition) is 5. The second-order valence-electron chi connectivity index (χ2n) is 6.57. The first-order valence-electron chi connectivity index (χ1n) is 8.95. The standard InChI is InChI=1S/C18H25N5O2S/c1-13(22-10-4-3-5-11-22)17-20-21-18(26-12-16(19)24)23(17)14-6-8-15(25-2)9-7-14/h6-9,13H,3-5,10-12H2,1-2H3,(H2,19,24)/p+1/t13-/m0/s1. The minimum Gasteiger partial charge on any atom is -0.497 e. The summed E-state index contributed by atoms with van der Waals surface area (Å²) in [5.41, 5.74) is 6.27. The molecule has 1 fully saturated rings. The lowest BCUT2D eigenvalue weighted by molar-refractivity contribution is -0.935. The first-order valence-corrected chi connectivity index (χ1v) is 9.94. The second kappa shape index (κ2) is 8.55. The zero-order valence-electron chi connectivity index (χ0n) is 15.3. The summed E-state index contributed by atoms with van der Waals surface area (Å²) in [5.74, 6) is 1.53. The summed E-state index contributed by atoms with van der Waals surface area (Å²) < 4.78 is 7.30. The highest BCUT2D eigenvalue weighted by atomic mass is 32.2. The topological polar surface area (TPSA) is 87.5 Å². The van der Waals surface area contributed by atoms with Crippen LogP contribution in [0.5, 0.6) is 5.75 Å². The zero-order valence-corrected chi connectivity index (χ0v) is 16.1. The number of nitrogens with one attached hydrogen (secondary N) is 1.